The van der Waals surface area contributed by atoms with Crippen molar-refractivity contribution in [3.05, 3.63) is 77.6 Å². The van der Waals surface area contributed by atoms with Crippen molar-refractivity contribution in [2.45, 2.75) is 11.1 Å². The Kier molecular flexibility index (Phi) is 5.79. The first-order chi connectivity index (χ1) is 15.7. The van der Waals surface area contributed by atoms with Crippen LogP contribution in [0.4, 0.5) is 18.3 Å². The van der Waals surface area contributed by atoms with Crippen molar-refractivity contribution < 1.29 is 26.3 Å². The van der Waals surface area contributed by atoms with Crippen molar-refractivity contribution in [2.24, 2.45) is 0 Å². The molecular formula is C20H12F3N5O3S2. The van der Waals surface area contributed by atoms with E-state index >= 15 is 0 Å². The second kappa shape index (κ2) is 8.57. The Morgan fingerprint density at radius 2 is 2.00 bits per heavy atom. The molecule has 8 nitrogen and oxygen atoms in total. The average Bonchev–Trinajstić information content (AvgIpc) is 3.45. The molecule has 33 heavy (non-hydrogen) atoms. The molecule has 0 aliphatic rings. The highest BCUT2D eigenvalue weighted by Gasteiger charge is 2.30. The zero-order valence-electron chi connectivity index (χ0n) is 16.3. The van der Waals surface area contributed by atoms with Crippen LogP contribution >= 0.6 is 11.3 Å². The minimum Gasteiger partial charge on any atom is -0.453 e. The van der Waals surface area contributed by atoms with Crippen LogP contribution in [0.15, 0.2) is 71.3 Å². The number of halogens is 3. The van der Waals surface area contributed by atoms with Crippen LogP contribution in [0, 0.1) is 11.3 Å². The quantitative estimate of drug-likeness (QED) is 0.414. The third kappa shape index (κ3) is 4.97. The Morgan fingerprint density at radius 3 is 2.70 bits per heavy atom. The summed E-state index contributed by atoms with van der Waals surface area (Å²) >= 11 is 1.10. The molecule has 0 saturated heterocycles. The van der Waals surface area contributed by atoms with Gasteiger partial charge in [-0.1, -0.05) is 6.07 Å². The van der Waals surface area contributed by atoms with Gasteiger partial charge in [-0.25, -0.2) is 18.1 Å². The van der Waals surface area contributed by atoms with Gasteiger partial charge in [-0.3, -0.25) is 4.72 Å². The lowest BCUT2D eigenvalue weighted by Crippen LogP contribution is -2.13. The third-order valence-electron chi connectivity index (χ3n) is 4.26. The number of ether oxygens (including phenoxy) is 1. The van der Waals surface area contributed by atoms with E-state index in [0.29, 0.717) is 0 Å². The number of nitrogens with zero attached hydrogens (tertiary/aromatic N) is 4. The maximum absolute atomic E-state index is 12.9. The molecular weight excluding hydrogens is 479 g/mol. The van der Waals surface area contributed by atoms with Gasteiger partial charge in [-0.15, -0.1) is 11.3 Å². The van der Waals surface area contributed by atoms with Crippen molar-refractivity contribution in [1.82, 2.24) is 14.8 Å². The summed E-state index contributed by atoms with van der Waals surface area (Å²) in [6.07, 6.45) is -0.457. The molecule has 0 aliphatic carbocycles. The first kappa shape index (κ1) is 22.3. The number of thiazole rings is 1. The van der Waals surface area contributed by atoms with E-state index in [1.165, 1.54) is 47.5 Å². The number of sulfonamides is 1. The van der Waals surface area contributed by atoms with Gasteiger partial charge in [0.1, 0.15) is 11.8 Å². The van der Waals surface area contributed by atoms with Crippen LogP contribution < -0.4 is 9.46 Å². The molecule has 2 aromatic carbocycles. The van der Waals surface area contributed by atoms with E-state index in [4.69, 9.17) is 4.74 Å². The van der Waals surface area contributed by atoms with Crippen LogP contribution in [0.2, 0.25) is 0 Å². The van der Waals surface area contributed by atoms with E-state index in [-0.39, 0.29) is 32.8 Å². The van der Waals surface area contributed by atoms with Crippen LogP contribution in [-0.4, -0.2) is 23.2 Å². The topological polar surface area (TPSA) is 110 Å². The van der Waals surface area contributed by atoms with E-state index in [1.807, 2.05) is 6.07 Å². The summed E-state index contributed by atoms with van der Waals surface area (Å²) in [7, 11) is -3.97. The molecule has 0 unspecified atom stereocenters. The number of alkyl halides is 3. The first-order valence-corrected chi connectivity index (χ1v) is 11.4. The molecule has 4 aromatic rings. The number of rotatable bonds is 6. The molecule has 2 heterocycles. The first-order valence-electron chi connectivity index (χ1n) is 9.02. The largest absolute Gasteiger partial charge is 0.453 e. The van der Waals surface area contributed by atoms with Crippen LogP contribution in [0.1, 0.15) is 11.1 Å². The molecule has 0 fully saturated rings. The van der Waals surface area contributed by atoms with Crippen LogP contribution in [0.3, 0.4) is 0 Å². The van der Waals surface area contributed by atoms with Gasteiger partial charge in [0.05, 0.1) is 34.1 Å². The van der Waals surface area contributed by atoms with E-state index in [2.05, 4.69) is 14.8 Å². The Morgan fingerprint density at radius 1 is 1.18 bits per heavy atom. The molecule has 13 heteroatoms. The smallest absolute Gasteiger partial charge is 0.416 e. The second-order valence-electron chi connectivity index (χ2n) is 6.48. The average molecular weight is 491 g/mol. The number of aromatic nitrogens is 3. The molecule has 168 valence electrons. The minimum atomic E-state index is -4.50. The summed E-state index contributed by atoms with van der Waals surface area (Å²) in [6, 6.07) is 10.2. The second-order valence-corrected chi connectivity index (χ2v) is 9.06. The van der Waals surface area contributed by atoms with E-state index < -0.39 is 21.8 Å². The molecule has 0 amide bonds. The summed E-state index contributed by atoms with van der Waals surface area (Å²) in [5, 5.41) is 15.2. The fraction of sp³-hybridized carbons (Fsp3) is 0.0500. The molecule has 4 rings (SSSR count). The third-order valence-corrected chi connectivity index (χ3v) is 6.41. The summed E-state index contributed by atoms with van der Waals surface area (Å²) < 4.78 is 73.0. The lowest BCUT2D eigenvalue weighted by molar-refractivity contribution is -0.137. The molecule has 0 radical (unpaired) electrons. The van der Waals surface area contributed by atoms with E-state index in [0.717, 1.165) is 29.5 Å². The van der Waals surface area contributed by atoms with Gasteiger partial charge in [0, 0.05) is 11.6 Å². The van der Waals surface area contributed by atoms with Gasteiger partial charge in [-0.05, 0) is 36.4 Å². The molecule has 2 aromatic heterocycles. The number of hydrogen-bond acceptors (Lipinski definition) is 7. The zero-order valence-corrected chi connectivity index (χ0v) is 17.9. The van der Waals surface area contributed by atoms with Crippen molar-refractivity contribution in [3.63, 3.8) is 0 Å². The number of hydrogen-bond donors (Lipinski definition) is 1. The fourth-order valence-corrected chi connectivity index (χ4v) is 4.57. The molecule has 0 spiro atoms. The van der Waals surface area contributed by atoms with Crippen molar-refractivity contribution >= 4 is 26.5 Å². The highest BCUT2D eigenvalue weighted by Crippen LogP contribution is 2.31. The lowest BCUT2D eigenvalue weighted by atomic mass is 10.2. The SMILES string of the molecule is N#Cc1cc(S(=O)(=O)Nc2nccs2)ccc1Oc1cnn(-c2cccc(C(F)(F)F)c2)c1. The summed E-state index contributed by atoms with van der Waals surface area (Å²) in [6.45, 7) is 0. The predicted octanol–water partition coefficient (Wildman–Crippen LogP) is 4.81. The molecule has 0 bridgehead atoms. The summed E-state index contributed by atoms with van der Waals surface area (Å²) in [5.74, 6) is 0.190. The van der Waals surface area contributed by atoms with Crippen LogP contribution in [0.25, 0.3) is 5.69 Å². The van der Waals surface area contributed by atoms with E-state index in [1.54, 1.807) is 5.38 Å². The maximum Gasteiger partial charge on any atom is 0.416 e. The van der Waals surface area contributed by atoms with Gasteiger partial charge in [0.2, 0.25) is 0 Å². The minimum absolute atomic E-state index is 0.0503. The Hall–Kier alpha value is -3.89. The molecule has 0 atom stereocenters. The van der Waals surface area contributed by atoms with Gasteiger partial charge in [0.25, 0.3) is 10.0 Å². The monoisotopic (exact) mass is 491 g/mol. The van der Waals surface area contributed by atoms with E-state index in [9.17, 15) is 26.9 Å². The lowest BCUT2D eigenvalue weighted by Gasteiger charge is -2.09. The highest BCUT2D eigenvalue weighted by atomic mass is 32.2. The normalized spacial score (nSPS) is 11.7. The van der Waals surface area contributed by atoms with Crippen LogP contribution in [-0.2, 0) is 16.2 Å². The van der Waals surface area contributed by atoms with Crippen molar-refractivity contribution in [2.75, 3.05) is 4.72 Å². The highest BCUT2D eigenvalue weighted by molar-refractivity contribution is 7.93. The molecule has 1 N–H and O–H groups in total. The zero-order chi connectivity index (χ0) is 23.6. The number of nitrogens with one attached hydrogen (secondary N) is 1. The number of anilines is 1. The Bertz CT molecular complexity index is 1440. The van der Waals surface area contributed by atoms with Crippen molar-refractivity contribution in [3.8, 4) is 23.3 Å². The van der Waals surface area contributed by atoms with Gasteiger partial charge >= 0.3 is 6.18 Å². The number of nitriles is 1. The number of benzene rings is 2. The maximum atomic E-state index is 12.9. The van der Waals surface area contributed by atoms with Crippen LogP contribution in [0.5, 0.6) is 11.5 Å². The fourth-order valence-electron chi connectivity index (χ4n) is 2.75. The van der Waals surface area contributed by atoms with Crippen molar-refractivity contribution in [1.29, 1.82) is 5.26 Å². The molecule has 0 aliphatic heterocycles. The molecule has 0 saturated carbocycles. The Labute approximate surface area is 189 Å². The summed E-state index contributed by atoms with van der Waals surface area (Å²) in [5.41, 5.74) is -0.730. The van der Waals surface area contributed by atoms with Gasteiger partial charge < -0.3 is 4.74 Å². The predicted molar refractivity (Wildman–Crippen MR) is 113 cm³/mol. The van der Waals surface area contributed by atoms with Gasteiger partial charge in [0.15, 0.2) is 10.9 Å². The standard InChI is InChI=1S/C20H12F3N5O3S2/c21-20(22,23)14-2-1-3-15(9-14)28-12-16(11-26-28)31-18-5-4-17(8-13(18)10-24)33(29,30)27-19-25-6-7-32-19/h1-9,11-12H,(H,25,27). The van der Waals surface area contributed by atoms with Gasteiger partial charge in [-0.2, -0.15) is 23.5 Å². The Balaban J connectivity index is 1.57. The summed E-state index contributed by atoms with van der Waals surface area (Å²) in [4.78, 5) is 3.69.